The summed E-state index contributed by atoms with van der Waals surface area (Å²) in [6, 6.07) is 12.5. The van der Waals surface area contributed by atoms with E-state index in [4.69, 9.17) is 9.47 Å². The Balaban J connectivity index is 1.85. The van der Waals surface area contributed by atoms with E-state index in [1.165, 1.54) is 11.5 Å². The number of benzene rings is 2. The van der Waals surface area contributed by atoms with E-state index >= 15 is 0 Å². The number of rotatable bonds is 7. The molecule has 1 heterocycles. The maximum absolute atomic E-state index is 12.6. The molecule has 0 spiro atoms. The molecule has 2 N–H and O–H groups in total. The Labute approximate surface area is 154 Å². The Morgan fingerprint density at radius 2 is 1.88 bits per heavy atom. The lowest BCUT2D eigenvalue weighted by Crippen LogP contribution is -2.10. The molecule has 2 aromatic carbocycles. The third kappa shape index (κ3) is 3.93. The summed E-state index contributed by atoms with van der Waals surface area (Å²) in [6.07, 6.45) is 3.38. The Kier molecular flexibility index (Phi) is 5.66. The van der Waals surface area contributed by atoms with E-state index < -0.39 is 16.6 Å². The second kappa shape index (κ2) is 7.95. The molecule has 5 nitrogen and oxygen atoms in total. The van der Waals surface area contributed by atoms with Crippen LogP contribution in [-0.4, -0.2) is 21.7 Å². The van der Waals surface area contributed by atoms with Crippen molar-refractivity contribution < 1.29 is 23.4 Å². The van der Waals surface area contributed by atoms with Gasteiger partial charge in [0.1, 0.15) is 17.9 Å². The molecule has 26 heavy (non-hydrogen) atoms. The minimum atomic E-state index is -2.97. The second-order valence-electron chi connectivity index (χ2n) is 6.01. The normalized spacial score (nSPS) is 15.3. The predicted molar refractivity (Wildman–Crippen MR) is 103 cm³/mol. The van der Waals surface area contributed by atoms with Gasteiger partial charge in [-0.05, 0) is 30.2 Å². The van der Waals surface area contributed by atoms with Gasteiger partial charge in [-0.25, -0.2) is 4.79 Å². The molecule has 138 valence electrons. The molecule has 0 saturated heterocycles. The van der Waals surface area contributed by atoms with Crippen molar-refractivity contribution in [3.8, 4) is 5.75 Å². The number of ether oxygens (including phenoxy) is 2. The highest BCUT2D eigenvalue weighted by Gasteiger charge is 2.28. The number of carbonyl (C=O) groups is 1. The first kappa shape index (κ1) is 18.5. The number of hydrogen-bond donors (Lipinski definition) is 2. The van der Waals surface area contributed by atoms with Crippen LogP contribution in [0.15, 0.2) is 52.8 Å². The van der Waals surface area contributed by atoms with Crippen LogP contribution >= 0.6 is 10.6 Å². The molecule has 0 unspecified atom stereocenters. The fraction of sp³-hybridized carbons (Fsp3) is 0.250. The molecule has 0 radical (unpaired) electrons. The van der Waals surface area contributed by atoms with Crippen LogP contribution in [0.5, 0.6) is 5.75 Å². The smallest absolute Gasteiger partial charge is 0.342 e. The Bertz CT molecular complexity index is 814. The number of esters is 1. The standard InChI is InChI=1S/C20H22O5S/c1-2-3-12-24-19-16-11-13-26(22,23)18(16)10-9-17(19)20(21)25-14-15-7-5-4-6-8-15/h4-11,13,22-23H,2-3,12,14H2,1H3. The fourth-order valence-electron chi connectivity index (χ4n) is 2.67. The third-order valence-electron chi connectivity index (χ3n) is 4.08. The number of carbonyl (C=O) groups excluding carboxylic acids is 1. The van der Waals surface area contributed by atoms with Gasteiger partial charge in [-0.1, -0.05) is 43.7 Å². The monoisotopic (exact) mass is 374 g/mol. The van der Waals surface area contributed by atoms with Crippen molar-refractivity contribution in [2.75, 3.05) is 6.61 Å². The summed E-state index contributed by atoms with van der Waals surface area (Å²) >= 11 is 0. The van der Waals surface area contributed by atoms with Gasteiger partial charge >= 0.3 is 5.97 Å². The van der Waals surface area contributed by atoms with Gasteiger partial charge in [0.25, 0.3) is 0 Å². The highest BCUT2D eigenvalue weighted by atomic mass is 32.3. The fourth-order valence-corrected chi connectivity index (χ4v) is 3.90. The van der Waals surface area contributed by atoms with Gasteiger partial charge in [-0.15, -0.1) is 10.6 Å². The first-order valence-electron chi connectivity index (χ1n) is 8.50. The molecular formula is C20H22O5S. The summed E-state index contributed by atoms with van der Waals surface area (Å²) in [6.45, 7) is 2.65. The average Bonchev–Trinajstić information content (AvgIpc) is 2.96. The topological polar surface area (TPSA) is 76.0 Å². The van der Waals surface area contributed by atoms with E-state index in [1.807, 2.05) is 37.3 Å². The van der Waals surface area contributed by atoms with Crippen molar-refractivity contribution >= 4 is 22.6 Å². The van der Waals surface area contributed by atoms with Crippen LogP contribution in [0.2, 0.25) is 0 Å². The van der Waals surface area contributed by atoms with E-state index in [0.29, 0.717) is 22.8 Å². The van der Waals surface area contributed by atoms with Gasteiger partial charge in [-0.3, -0.25) is 9.11 Å². The lowest BCUT2D eigenvalue weighted by atomic mass is 10.1. The molecule has 6 heteroatoms. The molecule has 0 saturated carbocycles. The second-order valence-corrected chi connectivity index (χ2v) is 7.91. The molecule has 0 aromatic heterocycles. The van der Waals surface area contributed by atoms with Crippen LogP contribution in [0.3, 0.4) is 0 Å². The predicted octanol–water partition coefficient (Wildman–Crippen LogP) is 5.32. The molecule has 0 aliphatic carbocycles. The van der Waals surface area contributed by atoms with Crippen LogP contribution in [0, 0.1) is 0 Å². The number of fused-ring (bicyclic) bond motifs is 1. The first-order chi connectivity index (χ1) is 12.5. The van der Waals surface area contributed by atoms with Crippen LogP contribution in [0.25, 0.3) is 6.08 Å². The van der Waals surface area contributed by atoms with Gasteiger partial charge < -0.3 is 9.47 Å². The van der Waals surface area contributed by atoms with Crippen molar-refractivity contribution in [1.82, 2.24) is 0 Å². The molecule has 3 rings (SSSR count). The van der Waals surface area contributed by atoms with Crippen molar-refractivity contribution in [2.45, 2.75) is 31.3 Å². The Morgan fingerprint density at radius 3 is 2.62 bits per heavy atom. The SMILES string of the molecule is CCCCOc1c(C(=O)OCc2ccccc2)ccc2c1C=CS2(O)O. The van der Waals surface area contributed by atoms with E-state index in [0.717, 1.165) is 18.4 Å². The number of hydrogen-bond acceptors (Lipinski definition) is 5. The van der Waals surface area contributed by atoms with Crippen molar-refractivity contribution in [3.05, 3.63) is 64.6 Å². The maximum Gasteiger partial charge on any atom is 0.342 e. The lowest BCUT2D eigenvalue weighted by Gasteiger charge is -2.26. The van der Waals surface area contributed by atoms with E-state index in [-0.39, 0.29) is 12.2 Å². The lowest BCUT2D eigenvalue weighted by molar-refractivity contribution is 0.0467. The summed E-state index contributed by atoms with van der Waals surface area (Å²) in [5, 5.41) is 1.35. The molecule has 0 fully saturated rings. The largest absolute Gasteiger partial charge is 0.492 e. The summed E-state index contributed by atoms with van der Waals surface area (Å²) in [5.41, 5.74) is 1.72. The molecule has 1 aliphatic rings. The van der Waals surface area contributed by atoms with E-state index in [9.17, 15) is 13.9 Å². The summed E-state index contributed by atoms with van der Waals surface area (Å²) in [4.78, 5) is 13.0. The highest BCUT2D eigenvalue weighted by molar-refractivity contribution is 8.27. The highest BCUT2D eigenvalue weighted by Crippen LogP contribution is 2.58. The van der Waals surface area contributed by atoms with Gasteiger partial charge in [0.2, 0.25) is 0 Å². The zero-order valence-electron chi connectivity index (χ0n) is 14.6. The van der Waals surface area contributed by atoms with Crippen molar-refractivity contribution in [2.24, 2.45) is 0 Å². The Morgan fingerprint density at radius 1 is 1.12 bits per heavy atom. The van der Waals surface area contributed by atoms with Crippen LogP contribution in [0.4, 0.5) is 0 Å². The average molecular weight is 374 g/mol. The molecular weight excluding hydrogens is 352 g/mol. The molecule has 2 aromatic rings. The minimum Gasteiger partial charge on any atom is -0.492 e. The zero-order valence-corrected chi connectivity index (χ0v) is 15.4. The summed E-state index contributed by atoms with van der Waals surface area (Å²) < 4.78 is 31.4. The van der Waals surface area contributed by atoms with Crippen LogP contribution < -0.4 is 4.74 Å². The quantitative estimate of drug-likeness (QED) is 0.507. The van der Waals surface area contributed by atoms with Gasteiger partial charge in [0.15, 0.2) is 0 Å². The van der Waals surface area contributed by atoms with E-state index in [1.54, 1.807) is 12.1 Å². The van der Waals surface area contributed by atoms with Crippen molar-refractivity contribution in [1.29, 1.82) is 0 Å². The first-order valence-corrected chi connectivity index (χ1v) is 10.1. The van der Waals surface area contributed by atoms with Crippen LogP contribution in [-0.2, 0) is 11.3 Å². The third-order valence-corrected chi connectivity index (χ3v) is 5.60. The summed E-state index contributed by atoms with van der Waals surface area (Å²) in [5.74, 6) is -0.150. The molecule has 1 aliphatic heterocycles. The summed E-state index contributed by atoms with van der Waals surface area (Å²) in [7, 11) is -2.97. The molecule has 0 bridgehead atoms. The Hall–Kier alpha value is -2.28. The van der Waals surface area contributed by atoms with Gasteiger partial charge in [0, 0.05) is 11.0 Å². The molecule has 0 atom stereocenters. The maximum atomic E-state index is 12.6. The number of unbranched alkanes of at least 4 members (excludes halogenated alkanes) is 1. The van der Waals surface area contributed by atoms with Crippen LogP contribution in [0.1, 0.15) is 41.3 Å². The van der Waals surface area contributed by atoms with Gasteiger partial charge in [0.05, 0.1) is 11.5 Å². The van der Waals surface area contributed by atoms with E-state index in [2.05, 4.69) is 0 Å². The zero-order chi connectivity index (χ0) is 18.6. The molecule has 0 amide bonds. The minimum absolute atomic E-state index is 0.163. The van der Waals surface area contributed by atoms with Crippen molar-refractivity contribution in [3.63, 3.8) is 0 Å². The van der Waals surface area contributed by atoms with Gasteiger partial charge in [-0.2, -0.15) is 0 Å².